The zero-order valence-corrected chi connectivity index (χ0v) is 18.4. The quantitative estimate of drug-likeness (QED) is 0.455. The van der Waals surface area contributed by atoms with Crippen molar-refractivity contribution in [3.63, 3.8) is 0 Å². The minimum Gasteiger partial charge on any atom is -0.507 e. The van der Waals surface area contributed by atoms with Gasteiger partial charge in [0.25, 0.3) is 0 Å². The normalized spacial score (nSPS) is 15.1. The van der Waals surface area contributed by atoms with Crippen molar-refractivity contribution in [2.45, 2.75) is 32.2 Å². The number of benzene rings is 2. The number of ether oxygens (including phenoxy) is 1. The number of fused-ring (bicyclic) bond motifs is 2. The number of para-hydroxylation sites is 1. The smallest absolute Gasteiger partial charge is 0.344 e. The Hall–Kier alpha value is -3.58. The molecule has 2 aromatic heterocycles. The molecule has 1 saturated heterocycles. The van der Waals surface area contributed by atoms with Gasteiger partial charge in [-0.05, 0) is 50.2 Å². The van der Waals surface area contributed by atoms with Crippen molar-refractivity contribution in [2.75, 3.05) is 20.2 Å². The molecule has 0 atom stereocenters. The molecule has 4 aromatic rings. The highest BCUT2D eigenvalue weighted by atomic mass is 16.5. The molecule has 7 heteroatoms. The van der Waals surface area contributed by atoms with Gasteiger partial charge in [-0.1, -0.05) is 25.0 Å². The number of methoxy groups -OCH3 is 1. The summed E-state index contributed by atoms with van der Waals surface area (Å²) in [5.41, 5.74) is 0.691. The second-order valence-electron chi connectivity index (χ2n) is 8.44. The first-order valence-corrected chi connectivity index (χ1v) is 11.2. The summed E-state index contributed by atoms with van der Waals surface area (Å²) in [4.78, 5) is 27.8. The van der Waals surface area contributed by atoms with Crippen LogP contribution in [0.2, 0.25) is 0 Å². The van der Waals surface area contributed by atoms with Crippen LogP contribution in [0, 0.1) is 0 Å². The number of aromatic hydroxyl groups is 1. The summed E-state index contributed by atoms with van der Waals surface area (Å²) < 4.78 is 16.5. The van der Waals surface area contributed by atoms with Crippen LogP contribution < -0.4 is 16.0 Å². The lowest BCUT2D eigenvalue weighted by molar-refractivity contribution is 0.272. The zero-order valence-electron chi connectivity index (χ0n) is 18.4. The highest BCUT2D eigenvalue weighted by Gasteiger charge is 2.20. The van der Waals surface area contributed by atoms with Crippen LogP contribution in [0.3, 0.4) is 0 Å². The topological polar surface area (TPSA) is 93.1 Å². The average Bonchev–Trinajstić information content (AvgIpc) is 3.08. The molecule has 2 aromatic carbocycles. The molecule has 0 saturated carbocycles. The van der Waals surface area contributed by atoms with E-state index in [1.54, 1.807) is 30.3 Å². The van der Waals surface area contributed by atoms with E-state index in [2.05, 4.69) is 4.90 Å². The van der Waals surface area contributed by atoms with Crippen LogP contribution in [0.1, 0.15) is 31.2 Å². The number of phenolic OH excluding ortho intramolecular Hbond substituents is 1. The van der Waals surface area contributed by atoms with Crippen molar-refractivity contribution in [1.82, 2.24) is 4.90 Å². The molecule has 1 N–H and O–H groups in total. The first-order valence-electron chi connectivity index (χ1n) is 11.2. The lowest BCUT2D eigenvalue weighted by Crippen LogP contribution is -2.24. The van der Waals surface area contributed by atoms with Crippen molar-refractivity contribution >= 4 is 21.9 Å². The molecule has 33 heavy (non-hydrogen) atoms. The Morgan fingerprint density at radius 2 is 1.73 bits per heavy atom. The van der Waals surface area contributed by atoms with Crippen LogP contribution in [0.5, 0.6) is 11.5 Å². The van der Waals surface area contributed by atoms with E-state index in [9.17, 15) is 14.7 Å². The van der Waals surface area contributed by atoms with Gasteiger partial charge in [0.1, 0.15) is 11.3 Å². The van der Waals surface area contributed by atoms with E-state index in [-0.39, 0.29) is 11.3 Å². The lowest BCUT2D eigenvalue weighted by atomic mass is 9.99. The molecular formula is C26H25NO6. The SMILES string of the molecule is COc1cccc2cc(-c3cc(=O)oc4c(CN5CCCCCC5)c(O)ccc34)c(=O)oc12. The summed E-state index contributed by atoms with van der Waals surface area (Å²) in [5, 5.41) is 11.9. The van der Waals surface area contributed by atoms with Gasteiger partial charge in [-0.2, -0.15) is 0 Å². The first-order chi connectivity index (χ1) is 16.0. The Morgan fingerprint density at radius 1 is 0.939 bits per heavy atom. The maximum Gasteiger partial charge on any atom is 0.344 e. The Kier molecular flexibility index (Phi) is 5.64. The summed E-state index contributed by atoms with van der Waals surface area (Å²) in [7, 11) is 1.51. The van der Waals surface area contributed by atoms with Crippen LogP contribution >= 0.6 is 0 Å². The monoisotopic (exact) mass is 447 g/mol. The predicted molar refractivity (Wildman–Crippen MR) is 126 cm³/mol. The standard InChI is InChI=1S/C26H25NO6/c1-31-22-8-6-7-16-13-19(26(30)33-24(16)22)18-14-23(29)32-25-17(18)9-10-21(28)20(25)15-27-11-4-2-3-5-12-27/h6-10,13-14,28H,2-5,11-12,15H2,1H3. The van der Waals surface area contributed by atoms with E-state index in [1.807, 2.05) is 6.07 Å². The van der Waals surface area contributed by atoms with Crippen LogP contribution in [0.25, 0.3) is 33.1 Å². The molecule has 0 unspecified atom stereocenters. The molecule has 0 amide bonds. The molecule has 7 nitrogen and oxygen atoms in total. The molecule has 5 rings (SSSR count). The van der Waals surface area contributed by atoms with Crippen LogP contribution in [-0.2, 0) is 6.54 Å². The molecule has 1 fully saturated rings. The number of likely N-dealkylation sites (tertiary alicyclic amines) is 1. The van der Waals surface area contributed by atoms with E-state index in [0.717, 1.165) is 25.9 Å². The number of rotatable bonds is 4. The second kappa shape index (κ2) is 8.75. The van der Waals surface area contributed by atoms with Crippen LogP contribution in [0.15, 0.2) is 60.9 Å². The fraction of sp³-hybridized carbons (Fsp3) is 0.308. The van der Waals surface area contributed by atoms with Crippen LogP contribution in [-0.4, -0.2) is 30.2 Å². The van der Waals surface area contributed by atoms with Gasteiger partial charge in [-0.3, -0.25) is 4.90 Å². The average molecular weight is 447 g/mol. The van der Waals surface area contributed by atoms with Gasteiger partial charge in [0.05, 0.1) is 18.2 Å². The minimum atomic E-state index is -0.592. The number of phenols is 1. The molecule has 3 heterocycles. The van der Waals surface area contributed by atoms with Crippen molar-refractivity contribution in [1.29, 1.82) is 0 Å². The first kappa shape index (κ1) is 21.3. The third kappa shape index (κ3) is 4.00. The highest BCUT2D eigenvalue weighted by molar-refractivity contribution is 5.97. The third-order valence-electron chi connectivity index (χ3n) is 6.31. The zero-order chi connectivity index (χ0) is 22.9. The molecule has 0 radical (unpaired) electrons. The van der Waals surface area contributed by atoms with Gasteiger partial charge in [-0.15, -0.1) is 0 Å². The van der Waals surface area contributed by atoms with Gasteiger partial charge in [0.2, 0.25) is 0 Å². The largest absolute Gasteiger partial charge is 0.507 e. The lowest BCUT2D eigenvalue weighted by Gasteiger charge is -2.21. The van der Waals surface area contributed by atoms with Crippen molar-refractivity contribution in [3.05, 3.63) is 68.9 Å². The fourth-order valence-electron chi connectivity index (χ4n) is 4.63. The Balaban J connectivity index is 1.69. The van der Waals surface area contributed by atoms with Crippen molar-refractivity contribution in [3.8, 4) is 22.6 Å². The summed E-state index contributed by atoms with van der Waals surface area (Å²) in [6.07, 6.45) is 4.59. The number of hydrogen-bond acceptors (Lipinski definition) is 7. The summed E-state index contributed by atoms with van der Waals surface area (Å²) in [6, 6.07) is 11.6. The Bertz CT molecular complexity index is 1440. The Labute approximate surface area is 189 Å². The number of hydrogen-bond donors (Lipinski definition) is 1. The predicted octanol–water partition coefficient (Wildman–Crippen LogP) is 4.66. The van der Waals surface area contributed by atoms with Crippen molar-refractivity contribution in [2.24, 2.45) is 0 Å². The van der Waals surface area contributed by atoms with Gasteiger partial charge in [0, 0.05) is 28.9 Å². The summed E-state index contributed by atoms with van der Waals surface area (Å²) >= 11 is 0. The second-order valence-corrected chi connectivity index (χ2v) is 8.44. The molecule has 1 aliphatic rings. The van der Waals surface area contributed by atoms with Crippen LogP contribution in [0.4, 0.5) is 0 Å². The molecule has 0 aliphatic carbocycles. The van der Waals surface area contributed by atoms with Crippen molar-refractivity contribution < 1.29 is 18.7 Å². The molecule has 0 spiro atoms. The van der Waals surface area contributed by atoms with E-state index in [0.29, 0.717) is 45.4 Å². The van der Waals surface area contributed by atoms with E-state index < -0.39 is 11.3 Å². The van der Waals surface area contributed by atoms with Gasteiger partial charge < -0.3 is 18.7 Å². The van der Waals surface area contributed by atoms with Gasteiger partial charge in [-0.25, -0.2) is 9.59 Å². The molecular weight excluding hydrogens is 422 g/mol. The van der Waals surface area contributed by atoms with E-state index >= 15 is 0 Å². The molecule has 0 bridgehead atoms. The molecule has 170 valence electrons. The molecule has 1 aliphatic heterocycles. The summed E-state index contributed by atoms with van der Waals surface area (Å²) in [5.74, 6) is 0.528. The third-order valence-corrected chi connectivity index (χ3v) is 6.31. The van der Waals surface area contributed by atoms with E-state index in [4.69, 9.17) is 13.6 Å². The fourth-order valence-corrected chi connectivity index (χ4v) is 4.63. The number of nitrogens with zero attached hydrogens (tertiary/aromatic N) is 1. The van der Waals surface area contributed by atoms with E-state index in [1.165, 1.54) is 26.0 Å². The maximum absolute atomic E-state index is 13.0. The maximum atomic E-state index is 13.0. The highest BCUT2D eigenvalue weighted by Crippen LogP contribution is 2.35. The van der Waals surface area contributed by atoms with Gasteiger partial charge in [0.15, 0.2) is 11.3 Å². The Morgan fingerprint density at radius 3 is 2.48 bits per heavy atom. The van der Waals surface area contributed by atoms with Gasteiger partial charge >= 0.3 is 11.3 Å². The minimum absolute atomic E-state index is 0.0716. The summed E-state index contributed by atoms with van der Waals surface area (Å²) in [6.45, 7) is 2.32.